The highest BCUT2D eigenvalue weighted by atomic mass is 16.7. The molecule has 0 aromatic rings. The van der Waals surface area contributed by atoms with Crippen molar-refractivity contribution in [2.24, 2.45) is 5.92 Å². The third kappa shape index (κ3) is 4.94. The summed E-state index contributed by atoms with van der Waals surface area (Å²) in [7, 11) is 1.27. The maximum atomic E-state index is 11.0. The van der Waals surface area contributed by atoms with Crippen LogP contribution in [0, 0.1) is 5.92 Å². The first-order valence-corrected chi connectivity index (χ1v) is 8.66. The van der Waals surface area contributed by atoms with Crippen molar-refractivity contribution in [3.05, 3.63) is 0 Å². The average Bonchev–Trinajstić information content (AvgIpc) is 2.64. The molecule has 2 aliphatic heterocycles. The third-order valence-electron chi connectivity index (χ3n) is 4.84. The van der Waals surface area contributed by atoms with Crippen LogP contribution >= 0.6 is 0 Å². The van der Waals surface area contributed by atoms with Crippen molar-refractivity contribution >= 4 is 5.97 Å². The zero-order chi connectivity index (χ0) is 20.3. The molecule has 158 valence electrons. The summed E-state index contributed by atoms with van der Waals surface area (Å²) in [5, 5.41) is 50.5. The van der Waals surface area contributed by atoms with Gasteiger partial charge in [0, 0.05) is 20.0 Å². The van der Waals surface area contributed by atoms with Crippen LogP contribution in [0.2, 0.25) is 0 Å². The van der Waals surface area contributed by atoms with Gasteiger partial charge in [-0.1, -0.05) is 6.92 Å². The Morgan fingerprint density at radius 3 is 2.15 bits per heavy atom. The van der Waals surface area contributed by atoms with Crippen LogP contribution in [-0.2, 0) is 28.5 Å². The van der Waals surface area contributed by atoms with Crippen LogP contribution in [0.3, 0.4) is 0 Å². The van der Waals surface area contributed by atoms with E-state index in [0.717, 1.165) is 0 Å². The van der Waals surface area contributed by atoms with Crippen LogP contribution in [0.25, 0.3) is 0 Å². The van der Waals surface area contributed by atoms with E-state index in [1.54, 1.807) is 6.92 Å². The molecule has 0 saturated carbocycles. The van der Waals surface area contributed by atoms with Gasteiger partial charge in [-0.2, -0.15) is 0 Å². The van der Waals surface area contributed by atoms with Crippen molar-refractivity contribution in [1.82, 2.24) is 0 Å². The molecule has 2 fully saturated rings. The number of methoxy groups -OCH3 is 1. The summed E-state index contributed by atoms with van der Waals surface area (Å²) in [6, 6.07) is 0. The topological polar surface area (TPSA) is 164 Å². The Balaban J connectivity index is 2.13. The molecular weight excluding hydrogens is 368 g/mol. The van der Waals surface area contributed by atoms with Crippen LogP contribution in [0.5, 0.6) is 0 Å². The molecule has 0 spiro atoms. The quantitative estimate of drug-likeness (QED) is 0.293. The van der Waals surface area contributed by atoms with Gasteiger partial charge in [-0.25, -0.2) is 0 Å². The van der Waals surface area contributed by atoms with Crippen molar-refractivity contribution in [2.75, 3.05) is 20.3 Å². The van der Waals surface area contributed by atoms with Crippen LogP contribution in [0.15, 0.2) is 0 Å². The molecule has 0 aromatic carbocycles. The smallest absolute Gasteiger partial charge is 0.302 e. The van der Waals surface area contributed by atoms with E-state index >= 15 is 0 Å². The minimum absolute atomic E-state index is 0.258. The number of ether oxygens (including phenoxy) is 5. The second-order valence-corrected chi connectivity index (χ2v) is 6.73. The van der Waals surface area contributed by atoms with Gasteiger partial charge in [-0.15, -0.1) is 0 Å². The standard InChI is InChI=1S/C16H28O11/c1-6-10(19)9(5-24-7(2)18)26-16(11(6)20)27-14-12(21)8(4-17)25-15(23-3)13(14)22/h6,8-17,19-22H,4-5H2,1-3H3/t6?,8?,9?,10-,11?,12-,13-,14?,15+,16-/m0/s1. The minimum Gasteiger partial charge on any atom is -0.463 e. The fraction of sp³-hybridized carbons (Fsp3) is 0.938. The van der Waals surface area contributed by atoms with E-state index < -0.39 is 73.8 Å². The van der Waals surface area contributed by atoms with E-state index in [1.807, 2.05) is 0 Å². The van der Waals surface area contributed by atoms with E-state index in [-0.39, 0.29) is 6.61 Å². The van der Waals surface area contributed by atoms with Gasteiger partial charge >= 0.3 is 5.97 Å². The molecule has 0 aliphatic carbocycles. The Bertz CT molecular complexity index is 473. The zero-order valence-electron chi connectivity index (χ0n) is 15.4. The van der Waals surface area contributed by atoms with Gasteiger partial charge in [0.1, 0.15) is 43.2 Å². The molecule has 0 amide bonds. The second-order valence-electron chi connectivity index (χ2n) is 6.73. The largest absolute Gasteiger partial charge is 0.463 e. The van der Waals surface area contributed by atoms with Gasteiger partial charge in [0.25, 0.3) is 0 Å². The molecule has 27 heavy (non-hydrogen) atoms. The van der Waals surface area contributed by atoms with Gasteiger partial charge in [-0.3, -0.25) is 4.79 Å². The number of carbonyl (C=O) groups is 1. The summed E-state index contributed by atoms with van der Waals surface area (Å²) in [4.78, 5) is 11.0. The van der Waals surface area contributed by atoms with E-state index in [0.29, 0.717) is 0 Å². The number of carbonyl (C=O) groups excluding carboxylic acids is 1. The Morgan fingerprint density at radius 2 is 1.59 bits per heavy atom. The van der Waals surface area contributed by atoms with E-state index in [2.05, 4.69) is 0 Å². The summed E-state index contributed by atoms with van der Waals surface area (Å²) >= 11 is 0. The molecule has 0 aromatic heterocycles. The molecule has 10 atom stereocenters. The molecule has 2 heterocycles. The van der Waals surface area contributed by atoms with Gasteiger partial charge in [0.2, 0.25) is 0 Å². The summed E-state index contributed by atoms with van der Waals surface area (Å²) in [6.45, 7) is 1.95. The highest BCUT2D eigenvalue weighted by molar-refractivity contribution is 5.65. The first-order chi connectivity index (χ1) is 12.7. The summed E-state index contributed by atoms with van der Waals surface area (Å²) in [5.41, 5.74) is 0. The van der Waals surface area contributed by atoms with Crippen LogP contribution in [0.1, 0.15) is 13.8 Å². The van der Waals surface area contributed by atoms with Crippen molar-refractivity contribution in [1.29, 1.82) is 0 Å². The fourth-order valence-electron chi connectivity index (χ4n) is 3.14. The molecule has 0 radical (unpaired) electrons. The number of hydrogen-bond donors (Lipinski definition) is 5. The van der Waals surface area contributed by atoms with E-state index in [4.69, 9.17) is 23.7 Å². The molecule has 11 nitrogen and oxygen atoms in total. The lowest BCUT2D eigenvalue weighted by molar-refractivity contribution is -0.353. The third-order valence-corrected chi connectivity index (χ3v) is 4.84. The average molecular weight is 396 g/mol. The number of esters is 1. The van der Waals surface area contributed by atoms with Crippen molar-refractivity contribution in [3.63, 3.8) is 0 Å². The molecule has 2 rings (SSSR count). The number of aliphatic hydroxyl groups excluding tert-OH is 5. The lowest BCUT2D eigenvalue weighted by atomic mass is 9.90. The van der Waals surface area contributed by atoms with E-state index in [9.17, 15) is 30.3 Å². The minimum atomic E-state index is -1.43. The predicted molar refractivity (Wildman–Crippen MR) is 86.1 cm³/mol. The van der Waals surface area contributed by atoms with Crippen LogP contribution in [0.4, 0.5) is 0 Å². The zero-order valence-corrected chi connectivity index (χ0v) is 15.4. The van der Waals surface area contributed by atoms with Gasteiger partial charge in [0.15, 0.2) is 12.6 Å². The number of hydrogen-bond acceptors (Lipinski definition) is 11. The summed E-state index contributed by atoms with van der Waals surface area (Å²) in [5.74, 6) is -1.27. The van der Waals surface area contributed by atoms with Crippen molar-refractivity contribution < 1.29 is 54.0 Å². The molecule has 11 heteroatoms. The van der Waals surface area contributed by atoms with Gasteiger partial charge < -0.3 is 49.2 Å². The lowest BCUT2D eigenvalue weighted by Gasteiger charge is -2.46. The SMILES string of the molecule is CO[C@@H]1OC(CO)[C@H](O)C(O[C@@H]2OC(COC(C)=O)[C@@H](O)C(C)C2O)[C@@H]1O. The molecule has 2 aliphatic rings. The first kappa shape index (κ1) is 22.4. The van der Waals surface area contributed by atoms with Gasteiger partial charge in [0.05, 0.1) is 12.7 Å². The predicted octanol–water partition coefficient (Wildman–Crippen LogP) is -2.90. The Kier molecular flexibility index (Phi) is 7.92. The molecular formula is C16H28O11. The number of aliphatic hydroxyl groups is 5. The highest BCUT2D eigenvalue weighted by Gasteiger charge is 2.50. The van der Waals surface area contributed by atoms with Gasteiger partial charge in [-0.05, 0) is 0 Å². The molecule has 5 N–H and O–H groups in total. The van der Waals surface area contributed by atoms with Crippen molar-refractivity contribution in [2.45, 2.75) is 69.2 Å². The Labute approximate surface area is 156 Å². The lowest BCUT2D eigenvalue weighted by Crippen LogP contribution is -2.63. The maximum Gasteiger partial charge on any atom is 0.302 e. The molecule has 0 bridgehead atoms. The fourth-order valence-corrected chi connectivity index (χ4v) is 3.14. The normalized spacial score (nSPS) is 45.5. The van der Waals surface area contributed by atoms with Crippen LogP contribution in [-0.4, -0.2) is 107 Å². The Morgan fingerprint density at radius 1 is 0.963 bits per heavy atom. The highest BCUT2D eigenvalue weighted by Crippen LogP contribution is 2.31. The molecule has 2 saturated heterocycles. The second kappa shape index (κ2) is 9.54. The first-order valence-electron chi connectivity index (χ1n) is 8.66. The van der Waals surface area contributed by atoms with Crippen LogP contribution < -0.4 is 0 Å². The van der Waals surface area contributed by atoms with E-state index in [1.165, 1.54) is 14.0 Å². The maximum absolute atomic E-state index is 11.0. The number of rotatable bonds is 6. The molecule has 5 unspecified atom stereocenters. The monoisotopic (exact) mass is 396 g/mol. The summed E-state index contributed by atoms with van der Waals surface area (Å²) < 4.78 is 26.2. The Hall–Kier alpha value is -0.890. The summed E-state index contributed by atoms with van der Waals surface area (Å²) in [6.07, 6.45) is -11.1. The van der Waals surface area contributed by atoms with Crippen molar-refractivity contribution in [3.8, 4) is 0 Å².